The fraction of sp³-hybridized carbons (Fsp3) is 0.147. The molecule has 32 heteroatoms. The molecule has 2 aliphatic heterocycles. The van der Waals surface area contributed by atoms with Crippen LogP contribution in [-0.4, -0.2) is 103 Å². The van der Waals surface area contributed by atoms with Gasteiger partial charge in [-0.15, -0.1) is 20.4 Å². The van der Waals surface area contributed by atoms with Crippen molar-refractivity contribution < 1.29 is 204 Å². The number of nitrogens with zero attached hydrogens (tertiary/aromatic N) is 8. The fourth-order valence-electron chi connectivity index (χ4n) is 14.2. The van der Waals surface area contributed by atoms with E-state index in [1.165, 1.54) is 69.7 Å². The number of nitrogens with two attached hydrogens (primary N) is 2. The summed E-state index contributed by atoms with van der Waals surface area (Å²) < 4.78 is 10.6. The van der Waals surface area contributed by atoms with E-state index in [4.69, 9.17) is 99.0 Å². The number of hydrogen-bond donors (Lipinski definition) is 4. The third-order valence-electron chi connectivity index (χ3n) is 20.3. The van der Waals surface area contributed by atoms with Crippen LogP contribution >= 0.6 is 89.7 Å². The van der Waals surface area contributed by atoms with E-state index in [-0.39, 0.29) is 217 Å². The Labute approximate surface area is 989 Å². The molecule has 2 fully saturated rings. The monoisotopic (exact) mass is 2380 g/mol. The Morgan fingerprint density at radius 2 is 0.603 bits per heavy atom. The molecule has 0 spiro atoms. The molecule has 14 aromatic carbocycles. The van der Waals surface area contributed by atoms with Crippen LogP contribution in [0.4, 0.5) is 23.5 Å². The number of carbonyl (C=O) groups excluding carboxylic acids is 3. The van der Waals surface area contributed by atoms with Crippen LogP contribution in [-0.2, 0) is 49.2 Å². The Hall–Kier alpha value is -7.41. The Balaban J connectivity index is 0.000000224. The molecule has 0 atom stereocenters. The predicted octanol–water partition coefficient (Wildman–Crippen LogP) is 11.9. The molecule has 141 heavy (non-hydrogen) atoms. The van der Waals surface area contributed by atoms with Crippen molar-refractivity contribution in [2.45, 2.75) is 65.6 Å². The van der Waals surface area contributed by atoms with Crippen molar-refractivity contribution in [1.29, 1.82) is 0 Å². The van der Waals surface area contributed by atoms with Gasteiger partial charge in [0.1, 0.15) is 16.9 Å². The number of carbonyl (C=O) groups is 3. The van der Waals surface area contributed by atoms with Crippen LogP contribution < -0.4 is 233 Å². The SMILES string of the molecule is CC(C)(C)OC(=O)CC1CN(c2nnc(-c3cccc(Cl)c3Cl)c(N)n2)C1.CC(C)(C)OC(=O)CC1CN(c2nnc(Cl)c(N)n2)C1.O=CO[O-].OB(O)c1cccc(Cl)c1Cl.[Cs+].[Cs+].[H-].[Pd].c1ccc(P(c2ccccc2)c2ccccc2)cc1.c1ccc(P(c2ccccc2)c2ccccc2)cc1.c1ccc(P(c2ccccc2)c2ccccc2)cc1.c1ccc(P(c2ccccc2)c2ccccc2)cc1. The second-order valence-electron chi connectivity index (χ2n) is 32.9. The molecule has 0 saturated carbocycles. The van der Waals surface area contributed by atoms with Crippen molar-refractivity contribution in [3.8, 4) is 11.3 Å². The van der Waals surface area contributed by atoms with Crippen LogP contribution in [0.15, 0.2) is 400 Å². The molecule has 6 N–H and O–H groups in total. The molecule has 0 bridgehead atoms. The van der Waals surface area contributed by atoms with E-state index in [1.54, 1.807) is 30.3 Å². The number of aromatic nitrogens is 6. The van der Waals surface area contributed by atoms with Gasteiger partial charge in [0.2, 0.25) is 11.9 Å². The Morgan fingerprint density at radius 3 is 0.816 bits per heavy atom. The van der Waals surface area contributed by atoms with Crippen molar-refractivity contribution in [1.82, 2.24) is 30.4 Å². The van der Waals surface area contributed by atoms with Gasteiger partial charge in [-0.25, -0.2) is 0 Å². The summed E-state index contributed by atoms with van der Waals surface area (Å²) in [6, 6.07) is 139. The fourth-order valence-corrected chi connectivity index (χ4v) is 24.3. The van der Waals surface area contributed by atoms with Crippen molar-refractivity contribution in [3.63, 3.8) is 0 Å². The zero-order valence-electron chi connectivity index (χ0n) is 80.1. The van der Waals surface area contributed by atoms with E-state index >= 15 is 0 Å². The van der Waals surface area contributed by atoms with E-state index < -0.39 is 50.0 Å². The largest absolute Gasteiger partial charge is 1.00 e. The number of anilines is 4. The Morgan fingerprint density at radius 1 is 0.376 bits per heavy atom. The van der Waals surface area contributed by atoms with Crippen LogP contribution in [0.5, 0.6) is 0 Å². The zero-order chi connectivity index (χ0) is 98.2. The molecule has 19 nitrogen and oxygen atoms in total. The summed E-state index contributed by atoms with van der Waals surface area (Å²) in [4.78, 5) is 47.0. The summed E-state index contributed by atoms with van der Waals surface area (Å²) in [6.45, 7) is 13.6. The first kappa shape index (κ1) is 119. The molecule has 0 amide bonds. The van der Waals surface area contributed by atoms with Gasteiger partial charge in [-0.3, -0.25) is 14.4 Å². The molecular weight excluding hydrogens is 2280 g/mol. The summed E-state index contributed by atoms with van der Waals surface area (Å²) in [6.07, 6.45) is 0.761. The van der Waals surface area contributed by atoms with Gasteiger partial charge < -0.3 is 52.4 Å². The molecule has 2 saturated heterocycles. The molecule has 0 aliphatic carbocycles. The average Bonchev–Trinajstić information content (AvgIpc) is 0.799. The van der Waals surface area contributed by atoms with Crippen molar-refractivity contribution >= 4 is 208 Å². The normalized spacial score (nSPS) is 11.7. The first-order valence-corrected chi connectivity index (χ1v) is 51.4. The minimum absolute atomic E-state index is 0. The van der Waals surface area contributed by atoms with Crippen molar-refractivity contribution in [3.05, 3.63) is 426 Å². The van der Waals surface area contributed by atoms with E-state index in [1.807, 2.05) is 51.3 Å². The van der Waals surface area contributed by atoms with Crippen LogP contribution in [0.1, 0.15) is 55.8 Å². The Kier molecular flexibility index (Phi) is 52.7. The molecule has 18 rings (SSSR count). The van der Waals surface area contributed by atoms with E-state index in [9.17, 15) is 9.59 Å². The van der Waals surface area contributed by atoms with Crippen LogP contribution in [0, 0.1) is 11.8 Å². The standard InChI is InChI=1S/C18H21Cl2N5O2.4C18H15P.C12H18ClN5O2.C6H5BCl2O2.CH2O3.2Cs.Pd.H/c1-18(2,3)27-13(26)7-10-8-25(9-10)17-22-16(21)15(23-24-17)11-5-4-6-12(19)14(11)20;4*1-4-10-16(11-5-1)19(17-12-6-2-7-13-17)18-14-8-3-9-15-18;1-12(2,3)20-8(19)4-7-5-18(6-7)11-15-10(14)9(13)16-17-11;8-5-3-1-2-4(6(5)9)7(10)11;2-1-4-3;;;;/h4-6,10H,7-9H2,1-3H3,(H2,21,22,24);4*1-15H;7H,4-6H2,1-3H3,(H2,14,15,17);1-3,10-11H;1,3H;;;;/q;;;;;;;;2*+1;;-1/p-1. The van der Waals surface area contributed by atoms with Gasteiger partial charge in [0.15, 0.2) is 16.8 Å². The number of benzene rings is 14. The van der Waals surface area contributed by atoms with Crippen LogP contribution in [0.3, 0.4) is 0 Å². The van der Waals surface area contributed by atoms with E-state index in [2.05, 4.69) is 399 Å². The molecular formula is C109H106BCl5Cs2N10O9P4Pd. The number of hydrogen-bond acceptors (Lipinski definition) is 19. The molecule has 716 valence electrons. The summed E-state index contributed by atoms with van der Waals surface area (Å²) in [7, 11) is -3.35. The topological polar surface area (TPSA) is 278 Å². The zero-order valence-corrected chi connectivity index (χ0v) is 101. The Bertz CT molecular complexity index is 5540. The van der Waals surface area contributed by atoms with Gasteiger partial charge in [0.25, 0.3) is 6.47 Å². The van der Waals surface area contributed by atoms with Crippen LogP contribution in [0.2, 0.25) is 25.2 Å². The quantitative estimate of drug-likeness (QED) is 0.0130. The maximum atomic E-state index is 11.9. The number of esters is 2. The summed E-state index contributed by atoms with van der Waals surface area (Å²) in [5, 5.41) is 60.0. The molecule has 0 radical (unpaired) electrons. The molecule has 16 aromatic rings. The number of ether oxygens (including phenoxy) is 2. The van der Waals surface area contributed by atoms with Gasteiger partial charge in [0, 0.05) is 69.5 Å². The number of rotatable bonds is 21. The minimum Gasteiger partial charge on any atom is -1.00 e. The number of halogens is 5. The maximum Gasteiger partial charge on any atom is 1.00 e. The third-order valence-corrected chi connectivity index (χ3v) is 32.0. The molecule has 2 aromatic heterocycles. The van der Waals surface area contributed by atoms with Crippen molar-refractivity contribution in [2.24, 2.45) is 11.8 Å². The van der Waals surface area contributed by atoms with Gasteiger partial charge >= 0.3 is 157 Å². The van der Waals surface area contributed by atoms with Gasteiger partial charge in [-0.05, 0) is 149 Å². The summed E-state index contributed by atoms with van der Waals surface area (Å²) >= 11 is 29.2. The van der Waals surface area contributed by atoms with Gasteiger partial charge in [0.05, 0.1) is 32.9 Å². The molecule has 4 heterocycles. The first-order chi connectivity index (χ1) is 66.7. The first-order valence-electron chi connectivity index (χ1n) is 44.1. The second-order valence-corrected chi connectivity index (χ2v) is 43.7. The number of nitrogen functional groups attached to an aromatic ring is 2. The predicted molar refractivity (Wildman–Crippen MR) is 576 cm³/mol. The van der Waals surface area contributed by atoms with Gasteiger partial charge in [-0.1, -0.05) is 446 Å². The van der Waals surface area contributed by atoms with Crippen LogP contribution in [0.25, 0.3) is 11.3 Å². The molecule has 0 unspecified atom stereocenters. The minimum atomic E-state index is -1.57. The maximum absolute atomic E-state index is 11.9. The average molecular weight is 2380 g/mol. The smallest absolute Gasteiger partial charge is 1.00 e. The third kappa shape index (κ3) is 38.7. The molecule has 2 aliphatic rings. The van der Waals surface area contributed by atoms with E-state index in [0.717, 1.165) is 0 Å². The van der Waals surface area contributed by atoms with Crippen molar-refractivity contribution in [2.75, 3.05) is 47.4 Å². The summed E-state index contributed by atoms with van der Waals surface area (Å²) in [5.74, 6) is 1.31. The second kappa shape index (κ2) is 62.5. The summed E-state index contributed by atoms with van der Waals surface area (Å²) in [5.41, 5.74) is 11.9. The van der Waals surface area contributed by atoms with Gasteiger partial charge in [-0.2, -0.15) is 9.97 Å². The van der Waals surface area contributed by atoms with E-state index in [0.29, 0.717) is 77.2 Å².